The fourth-order valence-corrected chi connectivity index (χ4v) is 1.51. The molecule has 0 fully saturated rings. The molecule has 0 radical (unpaired) electrons. The minimum absolute atomic E-state index is 0.797. The number of hydrogen-bond acceptors (Lipinski definition) is 1. The molecule has 0 saturated heterocycles. The van der Waals surface area contributed by atoms with Gasteiger partial charge in [0.05, 0.1) is 13.2 Å². The summed E-state index contributed by atoms with van der Waals surface area (Å²) in [4.78, 5) is 3.40. The van der Waals surface area contributed by atoms with E-state index >= 15 is 0 Å². The molecule has 11 heavy (non-hydrogen) atoms. The van der Waals surface area contributed by atoms with Crippen LogP contribution in [0.2, 0.25) is 0 Å². The van der Waals surface area contributed by atoms with Gasteiger partial charge in [0, 0.05) is 17.8 Å². The van der Waals surface area contributed by atoms with Crippen molar-refractivity contribution >= 4 is 0 Å². The summed E-state index contributed by atoms with van der Waals surface area (Å²) in [6.45, 7) is 3.83. The van der Waals surface area contributed by atoms with Crippen LogP contribution in [0.25, 0.3) is 0 Å². The van der Waals surface area contributed by atoms with E-state index in [1.54, 1.807) is 0 Å². The van der Waals surface area contributed by atoms with Crippen molar-refractivity contribution in [1.29, 1.82) is 0 Å². The van der Waals surface area contributed by atoms with E-state index < -0.39 is 0 Å². The molecule has 2 heteroatoms. The highest BCUT2D eigenvalue weighted by atomic mass is 16.5. The van der Waals surface area contributed by atoms with Crippen molar-refractivity contribution in [3.05, 3.63) is 23.0 Å². The van der Waals surface area contributed by atoms with E-state index in [1.165, 1.54) is 17.0 Å². The third kappa shape index (κ3) is 1.18. The average Bonchev–Trinajstić information content (AvgIpc) is 2.46. The highest BCUT2D eigenvalue weighted by molar-refractivity contribution is 5.26. The van der Waals surface area contributed by atoms with Crippen molar-refractivity contribution in [2.24, 2.45) is 0 Å². The molecule has 1 N–H and O–H groups in total. The molecule has 2 rings (SSSR count). The maximum Gasteiger partial charge on any atom is 0.0734 e. The lowest BCUT2D eigenvalue weighted by atomic mass is 10.2. The van der Waals surface area contributed by atoms with E-state index in [-0.39, 0.29) is 0 Å². The minimum Gasteiger partial charge on any atom is -0.376 e. The van der Waals surface area contributed by atoms with E-state index in [4.69, 9.17) is 4.74 Å². The molecule has 0 unspecified atom stereocenters. The van der Waals surface area contributed by atoms with Crippen LogP contribution in [0, 0.1) is 0 Å². The summed E-state index contributed by atoms with van der Waals surface area (Å²) in [5.74, 6) is 0. The summed E-state index contributed by atoms with van der Waals surface area (Å²) in [5, 5.41) is 0. The second-order valence-corrected chi connectivity index (χ2v) is 2.95. The van der Waals surface area contributed by atoms with Crippen LogP contribution in [0.1, 0.15) is 23.9 Å². The van der Waals surface area contributed by atoms with E-state index in [1.807, 2.05) is 0 Å². The number of H-pyrrole nitrogens is 1. The Kier molecular flexibility index (Phi) is 1.70. The van der Waals surface area contributed by atoms with Gasteiger partial charge in [0.25, 0.3) is 0 Å². The third-order valence-corrected chi connectivity index (χ3v) is 2.18. The van der Waals surface area contributed by atoms with Crippen LogP contribution in [-0.4, -0.2) is 11.6 Å². The first-order valence-electron chi connectivity index (χ1n) is 4.17. The van der Waals surface area contributed by atoms with Crippen molar-refractivity contribution in [2.45, 2.75) is 26.4 Å². The highest BCUT2D eigenvalue weighted by Gasteiger charge is 2.11. The first-order chi connectivity index (χ1) is 5.40. The third-order valence-electron chi connectivity index (χ3n) is 2.18. The van der Waals surface area contributed by atoms with Crippen molar-refractivity contribution < 1.29 is 4.74 Å². The zero-order valence-corrected chi connectivity index (χ0v) is 6.81. The van der Waals surface area contributed by atoms with Gasteiger partial charge in [-0.25, -0.2) is 0 Å². The Morgan fingerprint density at radius 2 is 2.55 bits per heavy atom. The molecule has 0 atom stereocenters. The molecule has 1 aliphatic heterocycles. The second-order valence-electron chi connectivity index (χ2n) is 2.95. The number of aryl methyl sites for hydroxylation is 1. The van der Waals surface area contributed by atoms with E-state index in [0.717, 1.165) is 26.1 Å². The van der Waals surface area contributed by atoms with Gasteiger partial charge in [-0.05, 0) is 18.1 Å². The van der Waals surface area contributed by atoms with Crippen molar-refractivity contribution in [1.82, 2.24) is 4.98 Å². The molecular weight excluding hydrogens is 138 g/mol. The van der Waals surface area contributed by atoms with Gasteiger partial charge >= 0.3 is 0 Å². The zero-order valence-electron chi connectivity index (χ0n) is 6.81. The molecule has 0 aliphatic carbocycles. The van der Waals surface area contributed by atoms with E-state index in [2.05, 4.69) is 18.0 Å². The minimum atomic E-state index is 0.797. The van der Waals surface area contributed by atoms with Gasteiger partial charge in [-0.15, -0.1) is 0 Å². The predicted molar refractivity (Wildman–Crippen MR) is 43.5 cm³/mol. The summed E-state index contributed by atoms with van der Waals surface area (Å²) in [5.41, 5.74) is 4.07. The lowest BCUT2D eigenvalue weighted by Crippen LogP contribution is -2.07. The van der Waals surface area contributed by atoms with Crippen LogP contribution < -0.4 is 0 Å². The molecule has 60 valence electrons. The number of ether oxygens (including phenoxy) is 1. The van der Waals surface area contributed by atoms with Gasteiger partial charge in [-0.2, -0.15) is 0 Å². The smallest absolute Gasteiger partial charge is 0.0734 e. The molecule has 0 saturated carbocycles. The molecule has 2 nitrogen and oxygen atoms in total. The summed E-state index contributed by atoms with van der Waals surface area (Å²) in [6, 6.07) is 2.22. The number of fused-ring (bicyclic) bond motifs is 1. The largest absolute Gasteiger partial charge is 0.376 e. The van der Waals surface area contributed by atoms with Crippen LogP contribution in [0.4, 0.5) is 0 Å². The van der Waals surface area contributed by atoms with Crippen molar-refractivity contribution in [2.75, 3.05) is 6.61 Å². The highest BCUT2D eigenvalue weighted by Crippen LogP contribution is 2.17. The Hall–Kier alpha value is -0.760. The summed E-state index contributed by atoms with van der Waals surface area (Å²) >= 11 is 0. The summed E-state index contributed by atoms with van der Waals surface area (Å²) in [7, 11) is 0. The Morgan fingerprint density at radius 3 is 3.27 bits per heavy atom. The van der Waals surface area contributed by atoms with Crippen molar-refractivity contribution in [3.8, 4) is 0 Å². The maximum absolute atomic E-state index is 5.33. The molecule has 1 aromatic heterocycles. The summed E-state index contributed by atoms with van der Waals surface area (Å²) in [6.07, 6.45) is 2.14. The lowest BCUT2D eigenvalue weighted by molar-refractivity contribution is 0.110. The molecule has 1 aromatic rings. The molecular formula is C9H13NO. The second kappa shape index (κ2) is 2.70. The van der Waals surface area contributed by atoms with Gasteiger partial charge in [0.1, 0.15) is 0 Å². The Labute approximate surface area is 66.6 Å². The monoisotopic (exact) mass is 151 g/mol. The van der Waals surface area contributed by atoms with Crippen LogP contribution in [0.5, 0.6) is 0 Å². The maximum atomic E-state index is 5.33. The van der Waals surface area contributed by atoms with Crippen molar-refractivity contribution in [3.63, 3.8) is 0 Å². The predicted octanol–water partition coefficient (Wildman–Crippen LogP) is 1.65. The summed E-state index contributed by atoms with van der Waals surface area (Å²) < 4.78 is 5.33. The van der Waals surface area contributed by atoms with Gasteiger partial charge in [-0.1, -0.05) is 6.92 Å². The Bertz CT molecular complexity index is 229. The molecule has 2 heterocycles. The van der Waals surface area contributed by atoms with Gasteiger partial charge in [0.2, 0.25) is 0 Å². The van der Waals surface area contributed by atoms with Crippen LogP contribution >= 0.6 is 0 Å². The molecule has 0 bridgehead atoms. The van der Waals surface area contributed by atoms with Crippen LogP contribution in [0.3, 0.4) is 0 Å². The standard InChI is InChI=1S/C9H13NO/c1-2-8-5-7-6-11-4-3-9(7)10-8/h5,10H,2-4,6H2,1H3. The first kappa shape index (κ1) is 6.92. The zero-order chi connectivity index (χ0) is 7.68. The number of aromatic amines is 1. The Balaban J connectivity index is 2.32. The van der Waals surface area contributed by atoms with E-state index in [0.29, 0.717) is 0 Å². The van der Waals surface area contributed by atoms with Crippen LogP contribution in [-0.2, 0) is 24.2 Å². The van der Waals surface area contributed by atoms with Gasteiger partial charge in [0.15, 0.2) is 0 Å². The van der Waals surface area contributed by atoms with E-state index in [9.17, 15) is 0 Å². The fourth-order valence-electron chi connectivity index (χ4n) is 1.51. The number of aromatic nitrogens is 1. The van der Waals surface area contributed by atoms with Gasteiger partial charge in [-0.3, -0.25) is 0 Å². The fraction of sp³-hybridized carbons (Fsp3) is 0.556. The quantitative estimate of drug-likeness (QED) is 0.648. The average molecular weight is 151 g/mol. The van der Waals surface area contributed by atoms with Crippen LogP contribution in [0.15, 0.2) is 6.07 Å². The topological polar surface area (TPSA) is 25.0 Å². The lowest BCUT2D eigenvalue weighted by Gasteiger charge is -2.10. The Morgan fingerprint density at radius 1 is 1.64 bits per heavy atom. The molecule has 0 spiro atoms. The SMILES string of the molecule is CCc1cc2c([nH]1)CCOC2. The van der Waals surface area contributed by atoms with Gasteiger partial charge < -0.3 is 9.72 Å². The number of rotatable bonds is 1. The normalized spacial score (nSPS) is 16.5. The number of nitrogens with one attached hydrogen (secondary N) is 1. The molecule has 0 aromatic carbocycles. The molecule has 0 amide bonds. The first-order valence-corrected chi connectivity index (χ1v) is 4.17. The number of hydrogen-bond donors (Lipinski definition) is 1. The molecule has 1 aliphatic rings.